The van der Waals surface area contributed by atoms with Crippen LogP contribution in [0, 0.1) is 0 Å². The van der Waals surface area contributed by atoms with Crippen molar-refractivity contribution in [2.75, 3.05) is 31.1 Å². The molecule has 1 aliphatic rings. The van der Waals surface area contributed by atoms with Gasteiger partial charge < -0.3 is 9.80 Å². The highest BCUT2D eigenvalue weighted by Crippen LogP contribution is 2.31. The van der Waals surface area contributed by atoms with E-state index in [0.717, 1.165) is 16.6 Å². The lowest BCUT2D eigenvalue weighted by molar-refractivity contribution is -0.137. The summed E-state index contributed by atoms with van der Waals surface area (Å²) in [5, 5.41) is 0. The number of hydrogen-bond donors (Lipinski definition) is 1. The van der Waals surface area contributed by atoms with Gasteiger partial charge in [-0.15, -0.1) is 0 Å². The molecule has 1 atom stereocenters. The van der Waals surface area contributed by atoms with Crippen LogP contribution in [-0.2, 0) is 21.0 Å². The van der Waals surface area contributed by atoms with Crippen LogP contribution in [0.2, 0.25) is 0 Å². The zero-order valence-electron chi connectivity index (χ0n) is 16.6. The summed E-state index contributed by atoms with van der Waals surface area (Å²) in [7, 11) is -3.87. The van der Waals surface area contributed by atoms with Crippen molar-refractivity contribution < 1.29 is 26.4 Å². The molecule has 3 rings (SSSR count). The number of halogens is 4. The summed E-state index contributed by atoms with van der Waals surface area (Å²) in [4.78, 5) is 16.0. The average molecular weight is 520 g/mol. The first-order chi connectivity index (χ1) is 14.5. The van der Waals surface area contributed by atoms with Crippen LogP contribution in [0.5, 0.6) is 0 Å². The van der Waals surface area contributed by atoms with Crippen LogP contribution in [0.1, 0.15) is 12.5 Å². The smallest absolute Gasteiger partial charge is 0.368 e. The molecule has 0 spiro atoms. The maximum absolute atomic E-state index is 12.9. The van der Waals surface area contributed by atoms with Crippen molar-refractivity contribution >= 4 is 37.5 Å². The van der Waals surface area contributed by atoms with E-state index in [0.29, 0.717) is 18.8 Å². The maximum Gasteiger partial charge on any atom is 0.416 e. The molecule has 0 unspecified atom stereocenters. The second kappa shape index (κ2) is 9.17. The van der Waals surface area contributed by atoms with Gasteiger partial charge in [0.25, 0.3) is 0 Å². The van der Waals surface area contributed by atoms with Crippen LogP contribution in [-0.4, -0.2) is 51.4 Å². The maximum atomic E-state index is 12.9. The molecule has 0 saturated carbocycles. The molecule has 1 aliphatic heterocycles. The lowest BCUT2D eigenvalue weighted by Gasteiger charge is -2.37. The van der Waals surface area contributed by atoms with Crippen LogP contribution in [0.15, 0.2) is 57.9 Å². The number of nitrogens with zero attached hydrogens (tertiary/aromatic N) is 2. The Hall–Kier alpha value is -2.11. The number of benzene rings is 2. The van der Waals surface area contributed by atoms with Crippen LogP contribution in [0.25, 0.3) is 0 Å². The van der Waals surface area contributed by atoms with E-state index in [9.17, 15) is 26.4 Å². The normalized spacial score (nSPS) is 16.3. The molecule has 11 heteroatoms. The van der Waals surface area contributed by atoms with E-state index in [4.69, 9.17) is 0 Å². The standard InChI is InChI=1S/C20H21BrF3N3O3S/c1-14(25-31(29,30)18-7-5-16(21)6-8-18)19(28)27-11-9-26(10-12-27)17-4-2-3-15(13-17)20(22,23)24/h2-8,13-14,25H,9-12H2,1H3/t14-/m1/s1. The first-order valence-electron chi connectivity index (χ1n) is 9.46. The first kappa shape index (κ1) is 23.6. The number of amides is 1. The fraction of sp³-hybridized carbons (Fsp3) is 0.350. The molecule has 1 saturated heterocycles. The number of alkyl halides is 3. The van der Waals surface area contributed by atoms with Crippen molar-refractivity contribution in [1.29, 1.82) is 0 Å². The number of carbonyl (C=O) groups excluding carboxylic acids is 1. The number of anilines is 1. The molecule has 1 fully saturated rings. The summed E-state index contributed by atoms with van der Waals surface area (Å²) in [6.45, 7) is 2.72. The molecular weight excluding hydrogens is 499 g/mol. The van der Waals surface area contributed by atoms with Gasteiger partial charge >= 0.3 is 6.18 Å². The lowest BCUT2D eigenvalue weighted by atomic mass is 10.1. The third-order valence-electron chi connectivity index (χ3n) is 4.96. The van der Waals surface area contributed by atoms with Crippen LogP contribution >= 0.6 is 15.9 Å². The Balaban J connectivity index is 1.60. The number of piperazine rings is 1. The van der Waals surface area contributed by atoms with E-state index < -0.39 is 27.8 Å². The molecule has 1 heterocycles. The van der Waals surface area contributed by atoms with Gasteiger partial charge in [-0.1, -0.05) is 22.0 Å². The third-order valence-corrected chi connectivity index (χ3v) is 7.04. The molecule has 2 aromatic rings. The first-order valence-corrected chi connectivity index (χ1v) is 11.7. The van der Waals surface area contributed by atoms with E-state index in [2.05, 4.69) is 20.7 Å². The van der Waals surface area contributed by atoms with E-state index in [-0.39, 0.29) is 23.9 Å². The Bertz CT molecular complexity index is 1040. The lowest BCUT2D eigenvalue weighted by Crippen LogP contribution is -2.54. The van der Waals surface area contributed by atoms with Gasteiger partial charge in [0.15, 0.2) is 0 Å². The Kier molecular flexibility index (Phi) is 6.97. The molecule has 31 heavy (non-hydrogen) atoms. The molecule has 0 radical (unpaired) electrons. The summed E-state index contributed by atoms with van der Waals surface area (Å²) < 4.78 is 66.9. The number of nitrogens with one attached hydrogen (secondary N) is 1. The van der Waals surface area contributed by atoms with E-state index >= 15 is 0 Å². The minimum absolute atomic E-state index is 0.0460. The quantitative estimate of drug-likeness (QED) is 0.656. The third kappa shape index (κ3) is 5.78. The van der Waals surface area contributed by atoms with Crippen molar-refractivity contribution in [1.82, 2.24) is 9.62 Å². The monoisotopic (exact) mass is 519 g/mol. The topological polar surface area (TPSA) is 69.7 Å². The molecule has 2 aromatic carbocycles. The van der Waals surface area contributed by atoms with Gasteiger partial charge in [0.2, 0.25) is 15.9 Å². The van der Waals surface area contributed by atoms with Crippen molar-refractivity contribution in [3.63, 3.8) is 0 Å². The van der Waals surface area contributed by atoms with Crippen LogP contribution in [0.4, 0.5) is 18.9 Å². The van der Waals surface area contributed by atoms with Crippen molar-refractivity contribution in [3.05, 3.63) is 58.6 Å². The summed E-state index contributed by atoms with van der Waals surface area (Å²) >= 11 is 3.24. The average Bonchev–Trinajstić information content (AvgIpc) is 2.73. The summed E-state index contributed by atoms with van der Waals surface area (Å²) in [5.74, 6) is -0.385. The predicted molar refractivity (Wildman–Crippen MR) is 114 cm³/mol. The number of carbonyl (C=O) groups is 1. The van der Waals surface area contributed by atoms with Crippen molar-refractivity contribution in [2.45, 2.75) is 24.0 Å². The summed E-state index contributed by atoms with van der Waals surface area (Å²) in [6.07, 6.45) is -4.42. The van der Waals surface area contributed by atoms with Crippen molar-refractivity contribution in [2.24, 2.45) is 0 Å². The van der Waals surface area contributed by atoms with Gasteiger partial charge in [-0.3, -0.25) is 4.79 Å². The van der Waals surface area contributed by atoms with Gasteiger partial charge in [-0.2, -0.15) is 17.9 Å². The SMILES string of the molecule is C[C@@H](NS(=O)(=O)c1ccc(Br)cc1)C(=O)N1CCN(c2cccc(C(F)(F)F)c2)CC1. The highest BCUT2D eigenvalue weighted by atomic mass is 79.9. The Morgan fingerprint density at radius 2 is 1.68 bits per heavy atom. The molecule has 1 N–H and O–H groups in total. The molecule has 0 aliphatic carbocycles. The van der Waals surface area contributed by atoms with Gasteiger partial charge in [-0.05, 0) is 49.4 Å². The van der Waals surface area contributed by atoms with Gasteiger partial charge in [0.1, 0.15) is 0 Å². The minimum atomic E-state index is -4.42. The number of hydrogen-bond acceptors (Lipinski definition) is 4. The molecule has 1 amide bonds. The predicted octanol–water partition coefficient (Wildman–Crippen LogP) is 3.48. The summed E-state index contributed by atoms with van der Waals surface area (Å²) in [5.41, 5.74) is -0.287. The summed E-state index contributed by atoms with van der Waals surface area (Å²) in [6, 6.07) is 10.1. The molecule has 0 bridgehead atoms. The largest absolute Gasteiger partial charge is 0.416 e. The molecule has 0 aromatic heterocycles. The van der Waals surface area contributed by atoms with Crippen LogP contribution in [0.3, 0.4) is 0 Å². The fourth-order valence-corrected chi connectivity index (χ4v) is 4.76. The Labute approximate surface area is 187 Å². The minimum Gasteiger partial charge on any atom is -0.368 e. The second-order valence-electron chi connectivity index (χ2n) is 7.16. The van der Waals surface area contributed by atoms with Gasteiger partial charge in [0, 0.05) is 36.3 Å². The second-order valence-corrected chi connectivity index (χ2v) is 9.79. The Morgan fingerprint density at radius 3 is 2.26 bits per heavy atom. The van der Waals surface area contributed by atoms with E-state index in [1.807, 2.05) is 0 Å². The zero-order valence-corrected chi connectivity index (χ0v) is 19.0. The van der Waals surface area contributed by atoms with E-state index in [1.54, 1.807) is 23.1 Å². The van der Waals surface area contributed by atoms with Crippen LogP contribution < -0.4 is 9.62 Å². The molecule has 168 valence electrons. The number of sulfonamides is 1. The van der Waals surface area contributed by atoms with Crippen molar-refractivity contribution in [3.8, 4) is 0 Å². The Morgan fingerprint density at radius 1 is 1.06 bits per heavy atom. The highest BCUT2D eigenvalue weighted by molar-refractivity contribution is 9.10. The zero-order chi connectivity index (χ0) is 22.8. The van der Waals surface area contributed by atoms with Gasteiger partial charge in [0.05, 0.1) is 16.5 Å². The number of rotatable bonds is 5. The highest BCUT2D eigenvalue weighted by Gasteiger charge is 2.32. The van der Waals surface area contributed by atoms with Gasteiger partial charge in [-0.25, -0.2) is 8.42 Å². The van der Waals surface area contributed by atoms with E-state index in [1.165, 1.54) is 30.0 Å². The fourth-order valence-electron chi connectivity index (χ4n) is 3.30. The molecular formula is C20H21BrF3N3O3S. The molecule has 6 nitrogen and oxygen atoms in total.